The summed E-state index contributed by atoms with van der Waals surface area (Å²) in [6.07, 6.45) is 2.38. The first-order valence-electron chi connectivity index (χ1n) is 12.5. The van der Waals surface area contributed by atoms with E-state index in [9.17, 15) is 4.39 Å². The molecule has 6 aromatic rings. The molecule has 0 saturated carbocycles. The first kappa shape index (κ1) is 25.0. The third kappa shape index (κ3) is 4.10. The van der Waals surface area contributed by atoms with E-state index in [-0.39, 0.29) is 12.4 Å². The molecule has 2 aromatic carbocycles. The number of aromatic nitrogens is 4. The number of imidazole rings is 1. The van der Waals surface area contributed by atoms with Crippen LogP contribution in [0.25, 0.3) is 27.4 Å². The molecule has 7 rings (SSSR count). The molecule has 0 aliphatic carbocycles. The van der Waals surface area contributed by atoms with Gasteiger partial charge in [0.2, 0.25) is 4.96 Å². The zero-order chi connectivity index (χ0) is 27.3. The summed E-state index contributed by atoms with van der Waals surface area (Å²) in [7, 11) is 3.16. The molecule has 1 saturated heterocycles. The molecule has 5 heterocycles. The molecule has 9 nitrogen and oxygen atoms in total. The van der Waals surface area contributed by atoms with Gasteiger partial charge in [-0.25, -0.2) is 14.4 Å². The minimum atomic E-state index is -0.605. The van der Waals surface area contributed by atoms with Crippen LogP contribution in [-0.4, -0.2) is 47.0 Å². The number of nitrogens with zero attached hydrogens (tertiary/aromatic N) is 4. The van der Waals surface area contributed by atoms with E-state index in [2.05, 4.69) is 10.1 Å². The molecule has 1 aliphatic rings. The van der Waals surface area contributed by atoms with Crippen LogP contribution in [0.15, 0.2) is 58.5 Å². The van der Waals surface area contributed by atoms with Crippen LogP contribution >= 0.6 is 22.7 Å². The maximum atomic E-state index is 14.8. The zero-order valence-electron chi connectivity index (χ0n) is 21.5. The molecule has 1 unspecified atom stereocenters. The van der Waals surface area contributed by atoms with E-state index in [0.717, 1.165) is 16.1 Å². The van der Waals surface area contributed by atoms with Gasteiger partial charge in [-0.2, -0.15) is 4.52 Å². The van der Waals surface area contributed by atoms with Crippen LogP contribution in [0.5, 0.6) is 16.7 Å². The van der Waals surface area contributed by atoms with Gasteiger partial charge in [0.1, 0.15) is 40.2 Å². The van der Waals surface area contributed by atoms with Gasteiger partial charge >= 0.3 is 0 Å². The Bertz CT molecular complexity index is 1830. The summed E-state index contributed by atoms with van der Waals surface area (Å²) >= 11 is 2.84. The Labute approximate surface area is 235 Å². The average molecular weight is 579 g/mol. The number of thiazole rings is 1. The van der Waals surface area contributed by atoms with E-state index in [0.29, 0.717) is 63.9 Å². The van der Waals surface area contributed by atoms with E-state index in [4.69, 9.17) is 28.3 Å². The molecule has 1 fully saturated rings. The van der Waals surface area contributed by atoms with Gasteiger partial charge in [-0.1, -0.05) is 18.2 Å². The van der Waals surface area contributed by atoms with Gasteiger partial charge in [0, 0.05) is 29.7 Å². The summed E-state index contributed by atoms with van der Waals surface area (Å²) < 4.78 is 45.5. The number of hydrogen-bond acceptors (Lipinski definition) is 10. The maximum absolute atomic E-state index is 14.8. The normalized spacial score (nSPS) is 17.2. The first-order valence-corrected chi connectivity index (χ1v) is 14.2. The molecule has 12 heteroatoms. The third-order valence-electron chi connectivity index (χ3n) is 7.05. The fourth-order valence-corrected chi connectivity index (χ4v) is 6.76. The Morgan fingerprint density at radius 3 is 2.85 bits per heavy atom. The molecule has 1 atom stereocenters. The second-order valence-electron chi connectivity index (χ2n) is 9.36. The highest BCUT2D eigenvalue weighted by Crippen LogP contribution is 2.43. The highest BCUT2D eigenvalue weighted by atomic mass is 32.1. The number of ether oxygens (including phenoxy) is 4. The van der Waals surface area contributed by atoms with E-state index < -0.39 is 5.41 Å². The molecule has 4 aromatic heterocycles. The van der Waals surface area contributed by atoms with Crippen LogP contribution in [0.2, 0.25) is 0 Å². The van der Waals surface area contributed by atoms with Crippen molar-refractivity contribution in [3.05, 3.63) is 76.1 Å². The molecule has 0 spiro atoms. The minimum absolute atomic E-state index is 0.216. The molecule has 40 heavy (non-hydrogen) atoms. The van der Waals surface area contributed by atoms with Crippen LogP contribution in [0.1, 0.15) is 22.7 Å². The van der Waals surface area contributed by atoms with Crippen molar-refractivity contribution in [2.75, 3.05) is 27.4 Å². The smallest absolute Gasteiger partial charge is 0.294 e. The van der Waals surface area contributed by atoms with Gasteiger partial charge in [0.05, 0.1) is 43.5 Å². The van der Waals surface area contributed by atoms with E-state index in [1.165, 1.54) is 28.7 Å². The number of fused-ring (bicyclic) bond motifs is 2. The fourth-order valence-electron chi connectivity index (χ4n) is 5.03. The Morgan fingerprint density at radius 2 is 2.05 bits per heavy atom. The van der Waals surface area contributed by atoms with Crippen molar-refractivity contribution < 1.29 is 27.8 Å². The average Bonchev–Trinajstić information content (AvgIpc) is 3.79. The molecular weight excluding hydrogens is 555 g/mol. The van der Waals surface area contributed by atoms with E-state index in [1.54, 1.807) is 31.0 Å². The van der Waals surface area contributed by atoms with Gasteiger partial charge in [-0.15, -0.1) is 16.4 Å². The quantitative estimate of drug-likeness (QED) is 0.214. The second kappa shape index (κ2) is 9.88. The lowest BCUT2D eigenvalue weighted by molar-refractivity contribution is 0.183. The van der Waals surface area contributed by atoms with Gasteiger partial charge in [-0.05, 0) is 29.9 Å². The minimum Gasteiger partial charge on any atom is -0.496 e. The van der Waals surface area contributed by atoms with Crippen LogP contribution in [-0.2, 0) is 16.8 Å². The van der Waals surface area contributed by atoms with Crippen molar-refractivity contribution in [1.29, 1.82) is 0 Å². The molecule has 0 N–H and O–H groups in total. The number of methoxy groups -OCH3 is 2. The van der Waals surface area contributed by atoms with Crippen molar-refractivity contribution >= 4 is 38.6 Å². The van der Waals surface area contributed by atoms with Gasteiger partial charge < -0.3 is 23.4 Å². The SMILES string of the molecule is COc1cc(OCc2csc(C3(c4ccccc4F)CCOC3)n2)c2cc(-c3cnc4sc(OC)nn34)oc2c1. The third-order valence-corrected chi connectivity index (χ3v) is 9.03. The number of benzene rings is 2. The standard InChI is InChI=1S/C28H23FN4O5S2/c1-34-17-9-22(18-11-24(38-23(18)10-17)21-12-30-26-33(21)32-27(35-2)40-26)37-13-16-14-39-25(31-16)28(7-8-36-15-28)19-5-3-4-6-20(19)29/h3-6,9-12,14H,7-8,13,15H2,1-2H3. The summed E-state index contributed by atoms with van der Waals surface area (Å²) in [5.41, 5.74) is 2.04. The van der Waals surface area contributed by atoms with Crippen LogP contribution in [0.4, 0.5) is 4.39 Å². The summed E-state index contributed by atoms with van der Waals surface area (Å²) in [6, 6.07) is 12.4. The number of halogens is 1. The van der Waals surface area contributed by atoms with E-state index >= 15 is 0 Å². The lowest BCUT2D eigenvalue weighted by Gasteiger charge is -2.26. The summed E-state index contributed by atoms with van der Waals surface area (Å²) in [5.74, 6) is 1.51. The molecule has 0 amide bonds. The van der Waals surface area contributed by atoms with Crippen molar-refractivity contribution in [3.63, 3.8) is 0 Å². The molecule has 204 valence electrons. The lowest BCUT2D eigenvalue weighted by Crippen LogP contribution is -2.29. The maximum Gasteiger partial charge on any atom is 0.294 e. The molecule has 0 radical (unpaired) electrons. The van der Waals surface area contributed by atoms with Gasteiger partial charge in [-0.3, -0.25) is 0 Å². The molecule has 1 aliphatic heterocycles. The van der Waals surface area contributed by atoms with Crippen molar-refractivity contribution in [1.82, 2.24) is 19.6 Å². The van der Waals surface area contributed by atoms with Crippen LogP contribution in [0, 0.1) is 5.82 Å². The van der Waals surface area contributed by atoms with E-state index in [1.807, 2.05) is 35.7 Å². The van der Waals surface area contributed by atoms with Crippen LogP contribution < -0.4 is 14.2 Å². The van der Waals surface area contributed by atoms with Gasteiger partial charge in [0.25, 0.3) is 5.19 Å². The highest BCUT2D eigenvalue weighted by Gasteiger charge is 2.43. The Hall–Kier alpha value is -4.00. The molecule has 0 bridgehead atoms. The van der Waals surface area contributed by atoms with Crippen molar-refractivity contribution in [3.8, 4) is 28.1 Å². The summed E-state index contributed by atoms with van der Waals surface area (Å²) in [6.45, 7) is 1.16. The lowest BCUT2D eigenvalue weighted by atomic mass is 9.80. The predicted molar refractivity (Wildman–Crippen MR) is 148 cm³/mol. The largest absolute Gasteiger partial charge is 0.496 e. The topological polar surface area (TPSA) is 93.1 Å². The molecular formula is C28H23FN4O5S2. The van der Waals surface area contributed by atoms with Crippen LogP contribution in [0.3, 0.4) is 0 Å². The predicted octanol–water partition coefficient (Wildman–Crippen LogP) is 6.10. The Morgan fingerprint density at radius 1 is 1.15 bits per heavy atom. The fraction of sp³-hybridized carbons (Fsp3) is 0.250. The zero-order valence-corrected chi connectivity index (χ0v) is 23.2. The number of hydrogen-bond donors (Lipinski definition) is 0. The number of furan rings is 1. The first-order chi connectivity index (χ1) is 19.6. The van der Waals surface area contributed by atoms with Crippen molar-refractivity contribution in [2.45, 2.75) is 18.4 Å². The number of rotatable bonds is 8. The van der Waals surface area contributed by atoms with Gasteiger partial charge in [0.15, 0.2) is 5.76 Å². The monoisotopic (exact) mass is 578 g/mol. The van der Waals surface area contributed by atoms with Crippen molar-refractivity contribution in [2.24, 2.45) is 0 Å². The Kier molecular flexibility index (Phi) is 6.17. The summed E-state index contributed by atoms with van der Waals surface area (Å²) in [5, 5.41) is 8.48. The summed E-state index contributed by atoms with van der Waals surface area (Å²) in [4.78, 5) is 9.98. The second-order valence-corrected chi connectivity index (χ2v) is 11.1. The Balaban J connectivity index is 1.20. The highest BCUT2D eigenvalue weighted by molar-refractivity contribution is 7.18.